The van der Waals surface area contributed by atoms with Gasteiger partial charge in [0.2, 0.25) is 0 Å². The van der Waals surface area contributed by atoms with Crippen LogP contribution >= 0.6 is 0 Å². The van der Waals surface area contributed by atoms with Crippen molar-refractivity contribution >= 4 is 16.6 Å². The Labute approximate surface area is 101 Å². The third kappa shape index (κ3) is 2.54. The quantitative estimate of drug-likeness (QED) is 0.813. The number of rotatable bonds is 4. The fraction of sp³-hybridized carbons (Fsp3) is 0.286. The number of nitrogens with zero attached hydrogens (tertiary/aromatic N) is 2. The minimum Gasteiger partial charge on any atom is -0.364 e. The van der Waals surface area contributed by atoms with Crippen LogP contribution < -0.4 is 5.32 Å². The van der Waals surface area contributed by atoms with E-state index in [1.165, 1.54) is 0 Å². The van der Waals surface area contributed by atoms with Gasteiger partial charge in [-0.3, -0.25) is 0 Å². The molecule has 0 saturated carbocycles. The summed E-state index contributed by atoms with van der Waals surface area (Å²) in [6.07, 6.45) is 8.77. The van der Waals surface area contributed by atoms with Crippen molar-refractivity contribution in [3.63, 3.8) is 0 Å². The van der Waals surface area contributed by atoms with Crippen LogP contribution in [0.4, 0.5) is 5.82 Å². The van der Waals surface area contributed by atoms with E-state index in [0.717, 1.165) is 23.0 Å². The Morgan fingerprint density at radius 1 is 1.41 bits per heavy atom. The molecule has 2 rings (SSSR count). The molecular weight excluding hydrogens is 210 g/mol. The molecular formula is C14H15N3. The van der Waals surface area contributed by atoms with Gasteiger partial charge in [0, 0.05) is 23.2 Å². The van der Waals surface area contributed by atoms with Crippen molar-refractivity contribution in [2.24, 2.45) is 0 Å². The van der Waals surface area contributed by atoms with Gasteiger partial charge in [0.1, 0.15) is 0 Å². The lowest BCUT2D eigenvalue weighted by Crippen LogP contribution is -2.18. The van der Waals surface area contributed by atoms with Gasteiger partial charge >= 0.3 is 0 Å². The van der Waals surface area contributed by atoms with Crippen LogP contribution in [0.5, 0.6) is 0 Å². The fourth-order valence-corrected chi connectivity index (χ4v) is 1.77. The number of fused-ring (bicyclic) bond motifs is 1. The maximum absolute atomic E-state index is 5.35. The van der Waals surface area contributed by atoms with Crippen LogP contribution in [0.3, 0.4) is 0 Å². The van der Waals surface area contributed by atoms with E-state index < -0.39 is 0 Å². The lowest BCUT2D eigenvalue weighted by atomic mass is 10.1. The Morgan fingerprint density at radius 2 is 2.24 bits per heavy atom. The van der Waals surface area contributed by atoms with Crippen molar-refractivity contribution in [2.45, 2.75) is 25.8 Å². The van der Waals surface area contributed by atoms with E-state index in [-0.39, 0.29) is 6.04 Å². The van der Waals surface area contributed by atoms with Gasteiger partial charge in [-0.2, -0.15) is 5.10 Å². The SMILES string of the molecule is C#CCC(CC)Nc1nncc2ccccc12. The Bertz CT molecular complexity index is 537. The van der Waals surface area contributed by atoms with Crippen LogP contribution in [0.25, 0.3) is 10.8 Å². The molecule has 86 valence electrons. The van der Waals surface area contributed by atoms with Crippen molar-refractivity contribution < 1.29 is 0 Å². The molecule has 17 heavy (non-hydrogen) atoms. The van der Waals surface area contributed by atoms with E-state index in [0.29, 0.717) is 6.42 Å². The first kappa shape index (κ1) is 11.4. The number of terminal acetylenes is 1. The lowest BCUT2D eigenvalue weighted by Gasteiger charge is -2.15. The zero-order valence-corrected chi connectivity index (χ0v) is 9.85. The number of hydrogen-bond donors (Lipinski definition) is 1. The Balaban J connectivity index is 2.32. The molecule has 0 spiro atoms. The topological polar surface area (TPSA) is 37.8 Å². The molecule has 1 N–H and O–H groups in total. The summed E-state index contributed by atoms with van der Waals surface area (Å²) in [4.78, 5) is 0. The highest BCUT2D eigenvalue weighted by molar-refractivity contribution is 5.90. The number of benzene rings is 1. The van der Waals surface area contributed by atoms with Crippen LogP contribution in [0, 0.1) is 12.3 Å². The second-order valence-corrected chi connectivity index (χ2v) is 3.94. The predicted octanol–water partition coefficient (Wildman–Crippen LogP) is 2.84. The van der Waals surface area contributed by atoms with E-state index >= 15 is 0 Å². The zero-order chi connectivity index (χ0) is 12.1. The third-order valence-corrected chi connectivity index (χ3v) is 2.77. The van der Waals surface area contributed by atoms with Gasteiger partial charge in [-0.15, -0.1) is 17.4 Å². The van der Waals surface area contributed by atoms with E-state index in [1.807, 2.05) is 24.3 Å². The van der Waals surface area contributed by atoms with Crippen LogP contribution in [0.2, 0.25) is 0 Å². The largest absolute Gasteiger partial charge is 0.364 e. The van der Waals surface area contributed by atoms with Crippen molar-refractivity contribution in [1.82, 2.24) is 10.2 Å². The van der Waals surface area contributed by atoms with Crippen LogP contribution in [0.1, 0.15) is 19.8 Å². The van der Waals surface area contributed by atoms with Crippen molar-refractivity contribution in [2.75, 3.05) is 5.32 Å². The van der Waals surface area contributed by atoms with Crippen LogP contribution in [0.15, 0.2) is 30.5 Å². The molecule has 0 aliphatic heterocycles. The Hall–Kier alpha value is -2.08. The highest BCUT2D eigenvalue weighted by atomic mass is 15.2. The molecule has 3 nitrogen and oxygen atoms in total. The lowest BCUT2D eigenvalue weighted by molar-refractivity contribution is 0.710. The fourth-order valence-electron chi connectivity index (χ4n) is 1.77. The van der Waals surface area contributed by atoms with Crippen molar-refractivity contribution in [3.05, 3.63) is 30.5 Å². The first-order valence-corrected chi connectivity index (χ1v) is 5.75. The van der Waals surface area contributed by atoms with Gasteiger partial charge in [0.25, 0.3) is 0 Å². The zero-order valence-electron chi connectivity index (χ0n) is 9.85. The molecule has 1 aromatic heterocycles. The molecule has 0 amide bonds. The number of hydrogen-bond acceptors (Lipinski definition) is 3. The molecule has 3 heteroatoms. The summed E-state index contributed by atoms with van der Waals surface area (Å²) >= 11 is 0. The molecule has 0 radical (unpaired) electrons. The molecule has 1 heterocycles. The number of nitrogens with one attached hydrogen (secondary N) is 1. The van der Waals surface area contributed by atoms with Gasteiger partial charge in [0.05, 0.1) is 6.20 Å². The summed E-state index contributed by atoms with van der Waals surface area (Å²) in [5, 5.41) is 13.7. The molecule has 0 bridgehead atoms. The monoisotopic (exact) mass is 225 g/mol. The molecule has 1 aromatic carbocycles. The van der Waals surface area contributed by atoms with Gasteiger partial charge in [-0.05, 0) is 6.42 Å². The summed E-state index contributed by atoms with van der Waals surface area (Å²) in [5.74, 6) is 3.49. The van der Waals surface area contributed by atoms with E-state index in [4.69, 9.17) is 6.42 Å². The summed E-state index contributed by atoms with van der Waals surface area (Å²) in [5.41, 5.74) is 0. The van der Waals surface area contributed by atoms with E-state index in [2.05, 4.69) is 28.4 Å². The Morgan fingerprint density at radius 3 is 3.00 bits per heavy atom. The molecule has 0 aliphatic rings. The standard InChI is InChI=1S/C14H15N3/c1-3-7-12(4-2)16-14-13-9-6-5-8-11(13)10-15-17-14/h1,5-6,8-10,12H,4,7H2,2H3,(H,16,17). The summed E-state index contributed by atoms with van der Waals surface area (Å²) in [6.45, 7) is 2.10. The average Bonchev–Trinajstić information content (AvgIpc) is 2.38. The minimum absolute atomic E-state index is 0.250. The smallest absolute Gasteiger partial charge is 0.156 e. The van der Waals surface area contributed by atoms with E-state index in [9.17, 15) is 0 Å². The van der Waals surface area contributed by atoms with Crippen LogP contribution in [-0.4, -0.2) is 16.2 Å². The normalized spacial score (nSPS) is 12.0. The molecule has 2 aromatic rings. The van der Waals surface area contributed by atoms with Crippen molar-refractivity contribution in [1.29, 1.82) is 0 Å². The number of aromatic nitrogens is 2. The Kier molecular flexibility index (Phi) is 3.56. The minimum atomic E-state index is 0.250. The van der Waals surface area contributed by atoms with Crippen molar-refractivity contribution in [3.8, 4) is 12.3 Å². The first-order valence-electron chi connectivity index (χ1n) is 5.75. The highest BCUT2D eigenvalue weighted by Gasteiger charge is 2.08. The molecule has 1 atom stereocenters. The summed E-state index contributed by atoms with van der Waals surface area (Å²) in [6, 6.07) is 8.30. The molecule has 0 aliphatic carbocycles. The van der Waals surface area contributed by atoms with Crippen LogP contribution in [-0.2, 0) is 0 Å². The predicted molar refractivity (Wildman–Crippen MR) is 70.7 cm³/mol. The molecule has 0 saturated heterocycles. The number of anilines is 1. The highest BCUT2D eigenvalue weighted by Crippen LogP contribution is 2.20. The second-order valence-electron chi connectivity index (χ2n) is 3.94. The average molecular weight is 225 g/mol. The first-order chi connectivity index (χ1) is 8.35. The summed E-state index contributed by atoms with van der Waals surface area (Å²) < 4.78 is 0. The van der Waals surface area contributed by atoms with Gasteiger partial charge in [-0.25, -0.2) is 0 Å². The third-order valence-electron chi connectivity index (χ3n) is 2.77. The molecule has 0 fully saturated rings. The van der Waals surface area contributed by atoms with E-state index in [1.54, 1.807) is 6.20 Å². The molecule has 1 unspecified atom stereocenters. The van der Waals surface area contributed by atoms with Gasteiger partial charge in [0.15, 0.2) is 5.82 Å². The maximum Gasteiger partial charge on any atom is 0.156 e. The second kappa shape index (κ2) is 5.31. The maximum atomic E-state index is 5.35. The van der Waals surface area contributed by atoms with Gasteiger partial charge < -0.3 is 5.32 Å². The van der Waals surface area contributed by atoms with Gasteiger partial charge in [-0.1, -0.05) is 31.2 Å². The summed E-state index contributed by atoms with van der Waals surface area (Å²) in [7, 11) is 0.